The van der Waals surface area contributed by atoms with Crippen molar-refractivity contribution in [3.63, 3.8) is 0 Å². The monoisotopic (exact) mass is 159 g/mol. The molecule has 0 saturated heterocycles. The van der Waals surface area contributed by atoms with Gasteiger partial charge in [0.25, 0.3) is 0 Å². The van der Waals surface area contributed by atoms with Crippen molar-refractivity contribution in [1.82, 2.24) is 0 Å². The quantitative estimate of drug-likeness (QED) is 0.551. The van der Waals surface area contributed by atoms with Crippen LogP contribution in [0.3, 0.4) is 0 Å². The Morgan fingerprint density at radius 1 is 1.42 bits per heavy atom. The number of hydrogen-bond donors (Lipinski definition) is 0. The Labute approximate surface area is 73.1 Å². The van der Waals surface area contributed by atoms with Gasteiger partial charge in [0.2, 0.25) is 0 Å². The average Bonchev–Trinajstić information content (AvgIpc) is 2.04. The Morgan fingerprint density at radius 2 is 2.25 bits per heavy atom. The topological polar surface area (TPSA) is 12.4 Å². The molecule has 0 aromatic heterocycles. The van der Waals surface area contributed by atoms with Gasteiger partial charge in [0.1, 0.15) is 0 Å². The summed E-state index contributed by atoms with van der Waals surface area (Å²) in [7, 11) is 0. The van der Waals surface area contributed by atoms with Crippen LogP contribution < -0.4 is 0 Å². The van der Waals surface area contributed by atoms with Gasteiger partial charge in [-0.05, 0) is 37.0 Å². The van der Waals surface area contributed by atoms with Gasteiger partial charge in [0.05, 0.1) is 6.04 Å². The lowest BCUT2D eigenvalue weighted by molar-refractivity contribution is 0.731. The predicted octanol–water partition coefficient (Wildman–Crippen LogP) is 2.36. The first-order valence-electron chi connectivity index (χ1n) is 4.39. The molecule has 1 unspecified atom stereocenters. The minimum absolute atomic E-state index is 0.458. The fraction of sp³-hybridized carbons (Fsp3) is 0.364. The van der Waals surface area contributed by atoms with Crippen molar-refractivity contribution in [2.45, 2.75) is 26.3 Å². The van der Waals surface area contributed by atoms with E-state index >= 15 is 0 Å². The third kappa shape index (κ3) is 1.15. The maximum Gasteiger partial charge on any atom is 0.0512 e. The summed E-state index contributed by atoms with van der Waals surface area (Å²) in [5, 5.41) is 0. The third-order valence-corrected chi connectivity index (χ3v) is 2.39. The minimum Gasteiger partial charge on any atom is -0.289 e. The lowest BCUT2D eigenvalue weighted by Crippen LogP contribution is -2.12. The first-order chi connectivity index (χ1) is 5.77. The van der Waals surface area contributed by atoms with E-state index in [0.29, 0.717) is 6.04 Å². The lowest BCUT2D eigenvalue weighted by atomic mass is 9.95. The van der Waals surface area contributed by atoms with Crippen LogP contribution in [0.15, 0.2) is 23.2 Å². The lowest BCUT2D eigenvalue weighted by Gasteiger charge is -2.16. The van der Waals surface area contributed by atoms with E-state index in [4.69, 9.17) is 0 Å². The number of rotatable bonds is 0. The predicted molar refractivity (Wildman–Crippen MR) is 51.9 cm³/mol. The van der Waals surface area contributed by atoms with Crippen LogP contribution in [0.25, 0.3) is 0 Å². The number of hydrogen-bond acceptors (Lipinski definition) is 1. The van der Waals surface area contributed by atoms with Crippen LogP contribution in [0.4, 0.5) is 0 Å². The Bertz CT molecular complexity index is 326. The SMILES string of the molecule is Cc1cccc2c1C=NC(C)C2. The zero-order valence-corrected chi connectivity index (χ0v) is 7.54. The molecule has 62 valence electrons. The second-order valence-corrected chi connectivity index (χ2v) is 3.48. The summed E-state index contributed by atoms with van der Waals surface area (Å²) in [4.78, 5) is 4.41. The molecule has 12 heavy (non-hydrogen) atoms. The van der Waals surface area contributed by atoms with Crippen LogP contribution in [0.2, 0.25) is 0 Å². The largest absolute Gasteiger partial charge is 0.289 e. The van der Waals surface area contributed by atoms with Gasteiger partial charge in [0, 0.05) is 6.21 Å². The molecule has 1 aromatic rings. The summed E-state index contributed by atoms with van der Waals surface area (Å²) in [6, 6.07) is 6.92. The van der Waals surface area contributed by atoms with Gasteiger partial charge < -0.3 is 0 Å². The highest BCUT2D eigenvalue weighted by molar-refractivity contribution is 5.85. The van der Waals surface area contributed by atoms with Crippen LogP contribution in [-0.2, 0) is 6.42 Å². The van der Waals surface area contributed by atoms with Crippen molar-refractivity contribution in [2.75, 3.05) is 0 Å². The average molecular weight is 159 g/mol. The fourth-order valence-corrected chi connectivity index (χ4v) is 1.68. The summed E-state index contributed by atoms with van der Waals surface area (Å²) in [6.45, 7) is 4.29. The zero-order valence-electron chi connectivity index (χ0n) is 7.54. The molecule has 1 aliphatic heterocycles. The van der Waals surface area contributed by atoms with Gasteiger partial charge in [-0.2, -0.15) is 0 Å². The van der Waals surface area contributed by atoms with E-state index in [1.54, 1.807) is 0 Å². The normalized spacial score (nSPS) is 20.7. The van der Waals surface area contributed by atoms with E-state index in [-0.39, 0.29) is 0 Å². The third-order valence-electron chi connectivity index (χ3n) is 2.39. The second-order valence-electron chi connectivity index (χ2n) is 3.48. The van der Waals surface area contributed by atoms with Gasteiger partial charge in [-0.25, -0.2) is 0 Å². The maximum absolute atomic E-state index is 4.41. The summed E-state index contributed by atoms with van der Waals surface area (Å²) >= 11 is 0. The fourth-order valence-electron chi connectivity index (χ4n) is 1.68. The molecule has 0 aliphatic carbocycles. The summed E-state index contributed by atoms with van der Waals surface area (Å²) in [5.74, 6) is 0. The molecule has 0 bridgehead atoms. The van der Waals surface area contributed by atoms with E-state index < -0.39 is 0 Å². The molecule has 0 spiro atoms. The van der Waals surface area contributed by atoms with E-state index in [0.717, 1.165) is 6.42 Å². The van der Waals surface area contributed by atoms with Crippen LogP contribution >= 0.6 is 0 Å². The summed E-state index contributed by atoms with van der Waals surface area (Å²) in [5.41, 5.74) is 4.11. The summed E-state index contributed by atoms with van der Waals surface area (Å²) < 4.78 is 0. The summed E-state index contributed by atoms with van der Waals surface area (Å²) in [6.07, 6.45) is 3.10. The van der Waals surface area contributed by atoms with Crippen molar-refractivity contribution in [3.8, 4) is 0 Å². The molecule has 1 heterocycles. The Morgan fingerprint density at radius 3 is 3.08 bits per heavy atom. The van der Waals surface area contributed by atoms with Crippen molar-refractivity contribution < 1.29 is 0 Å². The van der Waals surface area contributed by atoms with E-state index in [2.05, 4.69) is 37.0 Å². The van der Waals surface area contributed by atoms with Crippen LogP contribution in [0.1, 0.15) is 23.6 Å². The van der Waals surface area contributed by atoms with Gasteiger partial charge in [0.15, 0.2) is 0 Å². The highest BCUT2D eigenvalue weighted by Crippen LogP contribution is 2.18. The van der Waals surface area contributed by atoms with Crippen molar-refractivity contribution in [1.29, 1.82) is 0 Å². The van der Waals surface area contributed by atoms with E-state index in [9.17, 15) is 0 Å². The van der Waals surface area contributed by atoms with E-state index in [1.807, 2.05) is 6.21 Å². The Hall–Kier alpha value is -1.11. The number of aryl methyl sites for hydroxylation is 1. The van der Waals surface area contributed by atoms with Gasteiger partial charge in [-0.3, -0.25) is 4.99 Å². The van der Waals surface area contributed by atoms with Gasteiger partial charge >= 0.3 is 0 Å². The Balaban J connectivity index is 2.53. The zero-order chi connectivity index (χ0) is 8.55. The molecule has 0 saturated carbocycles. The first kappa shape index (κ1) is 7.53. The van der Waals surface area contributed by atoms with Crippen molar-refractivity contribution in [2.24, 2.45) is 4.99 Å². The number of aliphatic imine (C=N–C) groups is 1. The van der Waals surface area contributed by atoms with Crippen LogP contribution in [0, 0.1) is 6.92 Å². The molecular formula is C11H13N. The van der Waals surface area contributed by atoms with Gasteiger partial charge in [-0.15, -0.1) is 0 Å². The molecule has 0 fully saturated rings. The van der Waals surface area contributed by atoms with Crippen molar-refractivity contribution in [3.05, 3.63) is 34.9 Å². The first-order valence-corrected chi connectivity index (χ1v) is 4.39. The van der Waals surface area contributed by atoms with Crippen LogP contribution in [0.5, 0.6) is 0 Å². The molecule has 1 aliphatic rings. The Kier molecular flexibility index (Phi) is 1.72. The molecule has 2 rings (SSSR count). The molecule has 1 aromatic carbocycles. The molecular weight excluding hydrogens is 146 g/mol. The number of nitrogens with zero attached hydrogens (tertiary/aromatic N) is 1. The number of fused-ring (bicyclic) bond motifs is 1. The molecule has 1 heteroatoms. The maximum atomic E-state index is 4.41. The van der Waals surface area contributed by atoms with Crippen LogP contribution in [-0.4, -0.2) is 12.3 Å². The highest BCUT2D eigenvalue weighted by Gasteiger charge is 2.11. The minimum atomic E-state index is 0.458. The molecule has 1 atom stereocenters. The van der Waals surface area contributed by atoms with Gasteiger partial charge in [-0.1, -0.05) is 18.2 Å². The highest BCUT2D eigenvalue weighted by atomic mass is 14.8. The second kappa shape index (κ2) is 2.74. The number of benzene rings is 1. The molecule has 0 N–H and O–H groups in total. The van der Waals surface area contributed by atoms with E-state index in [1.165, 1.54) is 16.7 Å². The molecule has 0 amide bonds. The van der Waals surface area contributed by atoms with Crippen molar-refractivity contribution >= 4 is 6.21 Å². The standard InChI is InChI=1S/C11H13N/c1-8-4-3-5-10-6-9(2)12-7-11(8)10/h3-5,7,9H,6H2,1-2H3. The molecule has 1 nitrogen and oxygen atoms in total. The molecule has 0 radical (unpaired) electrons. The smallest absolute Gasteiger partial charge is 0.0512 e.